The monoisotopic (exact) mass is 647 g/mol. The van der Waals surface area contributed by atoms with Gasteiger partial charge in [0.2, 0.25) is 0 Å². The molecule has 48 heavy (non-hydrogen) atoms. The molecule has 0 unspecified atom stereocenters. The van der Waals surface area contributed by atoms with Gasteiger partial charge in [-0.05, 0) is 30.3 Å². The zero-order valence-electron chi connectivity index (χ0n) is 25.6. The van der Waals surface area contributed by atoms with Gasteiger partial charge in [0.1, 0.15) is 0 Å². The second-order valence-corrected chi connectivity index (χ2v) is 14.1. The standard InChI is InChI=1S/C43H25N3S2/c1-2-12-26(13-3-1)43-45-35(25-36(46-43)32-20-11-19-30-29-16-5-8-22-37(29)47-41(30)32)27-14-10-15-28(24-27)40-39-33-18-6-9-23-38(33)48-42(39)31-17-4-7-21-34(31)44-40/h1-25H. The molecule has 0 amide bonds. The average molecular weight is 648 g/mol. The Hall–Kier alpha value is -5.75. The lowest BCUT2D eigenvalue weighted by Gasteiger charge is -2.12. The maximum absolute atomic E-state index is 5.29. The van der Waals surface area contributed by atoms with E-state index in [0.717, 1.165) is 44.9 Å². The second-order valence-electron chi connectivity index (χ2n) is 12.0. The van der Waals surface area contributed by atoms with Crippen molar-refractivity contribution in [3.8, 4) is 45.2 Å². The van der Waals surface area contributed by atoms with Gasteiger partial charge in [-0.2, -0.15) is 0 Å². The predicted octanol–water partition coefficient (Wildman–Crippen LogP) is 12.4. The van der Waals surface area contributed by atoms with Crippen LogP contribution in [0.5, 0.6) is 0 Å². The van der Waals surface area contributed by atoms with E-state index in [2.05, 4.69) is 133 Å². The first-order chi connectivity index (χ1) is 23.8. The minimum atomic E-state index is 0.710. The van der Waals surface area contributed by atoms with E-state index in [-0.39, 0.29) is 0 Å². The fourth-order valence-electron chi connectivity index (χ4n) is 6.84. The van der Waals surface area contributed by atoms with Gasteiger partial charge in [0.25, 0.3) is 0 Å². The van der Waals surface area contributed by atoms with Crippen LogP contribution in [-0.2, 0) is 0 Å². The Morgan fingerprint density at radius 1 is 0.396 bits per heavy atom. The number of fused-ring (bicyclic) bond motifs is 8. The van der Waals surface area contributed by atoms with Crippen molar-refractivity contribution in [2.75, 3.05) is 0 Å². The van der Waals surface area contributed by atoms with Crippen LogP contribution in [0.3, 0.4) is 0 Å². The van der Waals surface area contributed by atoms with E-state index in [0.29, 0.717) is 5.82 Å². The molecule has 0 saturated heterocycles. The lowest BCUT2D eigenvalue weighted by molar-refractivity contribution is 1.19. The number of hydrogen-bond donors (Lipinski definition) is 0. The quantitative estimate of drug-likeness (QED) is 0.191. The van der Waals surface area contributed by atoms with Gasteiger partial charge in [-0.3, -0.25) is 0 Å². The van der Waals surface area contributed by atoms with Crippen molar-refractivity contribution in [3.63, 3.8) is 0 Å². The average Bonchev–Trinajstić information content (AvgIpc) is 3.74. The van der Waals surface area contributed by atoms with Gasteiger partial charge in [-0.15, -0.1) is 22.7 Å². The van der Waals surface area contributed by atoms with Crippen molar-refractivity contribution in [1.29, 1.82) is 0 Å². The van der Waals surface area contributed by atoms with Crippen molar-refractivity contribution >= 4 is 73.9 Å². The van der Waals surface area contributed by atoms with Crippen molar-refractivity contribution < 1.29 is 0 Å². The van der Waals surface area contributed by atoms with Gasteiger partial charge in [0.05, 0.1) is 22.6 Å². The fourth-order valence-corrected chi connectivity index (χ4v) is 9.31. The molecule has 10 aromatic rings. The molecule has 0 aliphatic heterocycles. The summed E-state index contributed by atoms with van der Waals surface area (Å²) < 4.78 is 5.06. The summed E-state index contributed by atoms with van der Waals surface area (Å²) in [7, 11) is 0. The molecule has 0 fully saturated rings. The molecule has 4 heterocycles. The van der Waals surface area contributed by atoms with Crippen LogP contribution in [0.2, 0.25) is 0 Å². The molecule has 0 spiro atoms. The van der Waals surface area contributed by atoms with E-state index >= 15 is 0 Å². The highest BCUT2D eigenvalue weighted by molar-refractivity contribution is 7.27. The topological polar surface area (TPSA) is 38.7 Å². The Labute approximate surface area is 284 Å². The summed E-state index contributed by atoms with van der Waals surface area (Å²) in [6, 6.07) is 53.4. The Bertz CT molecular complexity index is 2850. The number of benzene rings is 6. The zero-order valence-corrected chi connectivity index (χ0v) is 27.2. The van der Waals surface area contributed by atoms with Crippen molar-refractivity contribution in [1.82, 2.24) is 15.0 Å². The maximum Gasteiger partial charge on any atom is 0.160 e. The van der Waals surface area contributed by atoms with Gasteiger partial charge in [0, 0.05) is 68.0 Å². The predicted molar refractivity (Wildman–Crippen MR) is 205 cm³/mol. The maximum atomic E-state index is 5.29. The van der Waals surface area contributed by atoms with Gasteiger partial charge in [-0.1, -0.05) is 121 Å². The molecule has 0 radical (unpaired) electrons. The number of hydrogen-bond acceptors (Lipinski definition) is 5. The summed E-state index contributed by atoms with van der Waals surface area (Å²) in [4.78, 5) is 15.7. The third-order valence-corrected chi connectivity index (χ3v) is 11.5. The van der Waals surface area contributed by atoms with Crippen molar-refractivity contribution in [3.05, 3.63) is 152 Å². The molecular weight excluding hydrogens is 623 g/mol. The Balaban J connectivity index is 1.20. The first-order valence-electron chi connectivity index (χ1n) is 15.9. The minimum absolute atomic E-state index is 0.710. The van der Waals surface area contributed by atoms with Crippen LogP contribution in [-0.4, -0.2) is 15.0 Å². The number of thiophene rings is 2. The molecule has 3 nitrogen and oxygen atoms in total. The van der Waals surface area contributed by atoms with Crippen molar-refractivity contribution in [2.45, 2.75) is 0 Å². The molecule has 0 N–H and O–H groups in total. The molecule has 10 rings (SSSR count). The second kappa shape index (κ2) is 10.9. The fraction of sp³-hybridized carbons (Fsp3) is 0. The number of pyridine rings is 1. The molecule has 0 bridgehead atoms. The molecule has 4 aromatic heterocycles. The summed E-state index contributed by atoms with van der Waals surface area (Å²) in [5, 5.41) is 6.17. The lowest BCUT2D eigenvalue weighted by Crippen LogP contribution is -1.96. The first kappa shape index (κ1) is 27.4. The molecule has 6 aromatic carbocycles. The van der Waals surface area contributed by atoms with E-state index < -0.39 is 0 Å². The van der Waals surface area contributed by atoms with Crippen LogP contribution in [0.1, 0.15) is 0 Å². The highest BCUT2D eigenvalue weighted by Gasteiger charge is 2.18. The zero-order chi connectivity index (χ0) is 31.6. The summed E-state index contributed by atoms with van der Waals surface area (Å²) in [6.07, 6.45) is 0. The van der Waals surface area contributed by atoms with E-state index in [1.807, 2.05) is 40.9 Å². The van der Waals surface area contributed by atoms with Crippen LogP contribution in [0.15, 0.2) is 152 Å². The summed E-state index contributed by atoms with van der Waals surface area (Å²) >= 11 is 3.66. The van der Waals surface area contributed by atoms with Crippen molar-refractivity contribution in [2.24, 2.45) is 0 Å². The van der Waals surface area contributed by atoms with E-state index in [4.69, 9.17) is 15.0 Å². The Morgan fingerprint density at radius 3 is 1.90 bits per heavy atom. The van der Waals surface area contributed by atoms with Gasteiger partial charge in [0.15, 0.2) is 5.82 Å². The van der Waals surface area contributed by atoms with Crippen LogP contribution in [0, 0.1) is 0 Å². The van der Waals surface area contributed by atoms with Crippen LogP contribution in [0.25, 0.3) is 96.4 Å². The van der Waals surface area contributed by atoms with Crippen LogP contribution in [0.4, 0.5) is 0 Å². The molecule has 224 valence electrons. The minimum Gasteiger partial charge on any atom is -0.247 e. The summed E-state index contributed by atoms with van der Waals surface area (Å²) in [6.45, 7) is 0. The summed E-state index contributed by atoms with van der Waals surface area (Å²) in [5.41, 5.74) is 8.00. The van der Waals surface area contributed by atoms with E-state index in [1.165, 1.54) is 45.7 Å². The largest absolute Gasteiger partial charge is 0.247 e. The molecule has 0 atom stereocenters. The number of nitrogens with zero attached hydrogens (tertiary/aromatic N) is 3. The molecular formula is C43H25N3S2. The van der Waals surface area contributed by atoms with Gasteiger partial charge in [-0.25, -0.2) is 15.0 Å². The highest BCUT2D eigenvalue weighted by atomic mass is 32.1. The highest BCUT2D eigenvalue weighted by Crippen LogP contribution is 2.44. The normalized spacial score (nSPS) is 11.8. The Morgan fingerprint density at radius 2 is 1.02 bits per heavy atom. The SMILES string of the molecule is c1ccc(-c2nc(-c3cccc(-c4nc5ccccc5c5sc6ccccc6c45)c3)cc(-c3cccc4c3sc3ccccc34)n2)cc1. The third kappa shape index (κ3) is 4.36. The summed E-state index contributed by atoms with van der Waals surface area (Å²) in [5.74, 6) is 0.710. The lowest BCUT2D eigenvalue weighted by atomic mass is 9.99. The Kier molecular flexibility index (Phi) is 6.22. The molecule has 0 aliphatic rings. The smallest absolute Gasteiger partial charge is 0.160 e. The first-order valence-corrected chi connectivity index (χ1v) is 17.6. The van der Waals surface area contributed by atoms with Gasteiger partial charge >= 0.3 is 0 Å². The molecule has 0 aliphatic carbocycles. The van der Waals surface area contributed by atoms with Crippen LogP contribution < -0.4 is 0 Å². The number of rotatable bonds is 4. The molecule has 0 saturated carbocycles. The number of aromatic nitrogens is 3. The third-order valence-electron chi connectivity index (χ3n) is 9.08. The van der Waals surface area contributed by atoms with E-state index in [1.54, 1.807) is 0 Å². The van der Waals surface area contributed by atoms with E-state index in [9.17, 15) is 0 Å². The van der Waals surface area contributed by atoms with Crippen LogP contribution >= 0.6 is 22.7 Å². The van der Waals surface area contributed by atoms with Gasteiger partial charge < -0.3 is 0 Å². The number of para-hydroxylation sites is 1. The molecule has 5 heteroatoms.